The van der Waals surface area contributed by atoms with E-state index in [4.69, 9.17) is 15.0 Å². The van der Waals surface area contributed by atoms with E-state index in [0.29, 0.717) is 23.0 Å². The van der Waals surface area contributed by atoms with Gasteiger partial charge in [0.05, 0.1) is 11.6 Å². The Kier molecular flexibility index (Phi) is 8.17. The number of nitriles is 1. The van der Waals surface area contributed by atoms with Gasteiger partial charge in [-0.1, -0.05) is 164 Å². The van der Waals surface area contributed by atoms with Gasteiger partial charge >= 0.3 is 0 Å². The molecule has 1 heterocycles. The number of fused-ring (bicyclic) bond motifs is 4. The normalized spacial score (nSPS) is 11.2. The van der Waals surface area contributed by atoms with Crippen LogP contribution in [0.4, 0.5) is 0 Å². The zero-order chi connectivity index (χ0) is 37.4. The predicted octanol–water partition coefficient (Wildman–Crippen LogP) is 13.2. The third kappa shape index (κ3) is 5.94. The molecule has 1 aromatic heterocycles. The molecular weight excluding hydrogens is 681 g/mol. The van der Waals surface area contributed by atoms with Gasteiger partial charge in [0.1, 0.15) is 0 Å². The lowest BCUT2D eigenvalue weighted by Gasteiger charge is -2.15. The molecule has 4 nitrogen and oxygen atoms in total. The van der Waals surface area contributed by atoms with E-state index in [1.54, 1.807) is 0 Å². The van der Waals surface area contributed by atoms with Gasteiger partial charge < -0.3 is 0 Å². The number of benzene rings is 9. The van der Waals surface area contributed by atoms with Crippen molar-refractivity contribution in [3.63, 3.8) is 0 Å². The summed E-state index contributed by atoms with van der Waals surface area (Å²) >= 11 is 0. The summed E-state index contributed by atoms with van der Waals surface area (Å²) in [6.45, 7) is 0. The van der Waals surface area contributed by atoms with Crippen molar-refractivity contribution in [2.24, 2.45) is 0 Å². The summed E-state index contributed by atoms with van der Waals surface area (Å²) in [6.07, 6.45) is 0. The minimum atomic E-state index is 0.579. The first-order chi connectivity index (χ1) is 27.7. The van der Waals surface area contributed by atoms with Gasteiger partial charge in [0, 0.05) is 16.7 Å². The van der Waals surface area contributed by atoms with Crippen molar-refractivity contribution < 1.29 is 0 Å². The summed E-state index contributed by atoms with van der Waals surface area (Å²) in [7, 11) is 0. The Balaban J connectivity index is 1.18. The third-order valence-corrected chi connectivity index (χ3v) is 10.5. The number of hydrogen-bond acceptors (Lipinski definition) is 4. The molecule has 9 aromatic carbocycles. The monoisotopic (exact) mass is 712 g/mol. The quantitative estimate of drug-likeness (QED) is 0.127. The molecule has 10 rings (SSSR count). The maximum absolute atomic E-state index is 9.36. The lowest BCUT2D eigenvalue weighted by molar-refractivity contribution is 1.07. The molecule has 0 aliphatic heterocycles. The molecule has 56 heavy (non-hydrogen) atoms. The van der Waals surface area contributed by atoms with E-state index in [0.717, 1.165) is 44.5 Å². The highest BCUT2D eigenvalue weighted by atomic mass is 15.0. The molecule has 0 fully saturated rings. The average Bonchev–Trinajstić information content (AvgIpc) is 3.28. The van der Waals surface area contributed by atoms with Crippen LogP contribution in [0, 0.1) is 11.3 Å². The highest BCUT2D eigenvalue weighted by Crippen LogP contribution is 2.41. The molecule has 0 atom stereocenters. The SMILES string of the molecule is N#Cc1ccc(-c2cccc(-c3nc(-c4cccc(-c5c6ccccc6cc6c5ccc5ccccc56)c4)nc(-c4ccccc4-c4ccccc4)n3)c2)cc1. The summed E-state index contributed by atoms with van der Waals surface area (Å²) in [5.74, 6) is 1.77. The van der Waals surface area contributed by atoms with Gasteiger partial charge in [-0.25, -0.2) is 15.0 Å². The zero-order valence-electron chi connectivity index (χ0n) is 30.3. The van der Waals surface area contributed by atoms with Crippen molar-refractivity contribution >= 4 is 32.3 Å². The Morgan fingerprint density at radius 1 is 0.321 bits per heavy atom. The summed E-state index contributed by atoms with van der Waals surface area (Å²) < 4.78 is 0. The summed E-state index contributed by atoms with van der Waals surface area (Å²) in [5, 5.41) is 16.6. The van der Waals surface area contributed by atoms with Crippen LogP contribution in [0.2, 0.25) is 0 Å². The zero-order valence-corrected chi connectivity index (χ0v) is 30.3. The highest BCUT2D eigenvalue weighted by Gasteiger charge is 2.18. The Labute approximate surface area is 324 Å². The van der Waals surface area contributed by atoms with E-state index in [-0.39, 0.29) is 0 Å². The van der Waals surface area contributed by atoms with Crippen LogP contribution < -0.4 is 0 Å². The lowest BCUT2D eigenvalue weighted by atomic mass is 9.89. The van der Waals surface area contributed by atoms with Gasteiger partial charge in [0.15, 0.2) is 17.5 Å². The molecule has 260 valence electrons. The van der Waals surface area contributed by atoms with Gasteiger partial charge in [-0.15, -0.1) is 0 Å². The molecule has 0 spiro atoms. The largest absolute Gasteiger partial charge is 0.208 e. The third-order valence-electron chi connectivity index (χ3n) is 10.5. The molecule has 4 heteroatoms. The fraction of sp³-hybridized carbons (Fsp3) is 0. The Morgan fingerprint density at radius 2 is 0.893 bits per heavy atom. The van der Waals surface area contributed by atoms with Gasteiger partial charge in [-0.3, -0.25) is 0 Å². The maximum atomic E-state index is 9.36. The number of rotatable bonds is 6. The molecule has 0 saturated heterocycles. The van der Waals surface area contributed by atoms with Crippen LogP contribution in [-0.2, 0) is 0 Å². The van der Waals surface area contributed by atoms with Crippen LogP contribution >= 0.6 is 0 Å². The van der Waals surface area contributed by atoms with Crippen molar-refractivity contribution in [3.05, 3.63) is 200 Å². The minimum absolute atomic E-state index is 0.579. The molecule has 0 radical (unpaired) electrons. The number of hydrogen-bond donors (Lipinski definition) is 0. The molecule has 0 aliphatic rings. The second-order valence-electron chi connectivity index (χ2n) is 13.9. The van der Waals surface area contributed by atoms with Crippen LogP contribution in [0.3, 0.4) is 0 Å². The standard InChI is InChI=1S/C52H32N4/c53-33-34-24-26-35(27-25-34)38-16-10-18-41(30-38)50-54-51(56-52(55-50)47-23-9-8-20-43(47)36-12-2-1-3-13-36)42-19-11-17-40(31-42)49-45-22-7-5-15-39(45)32-48-44-21-6-4-14-37(44)28-29-46(48)49/h1-32H. The summed E-state index contributed by atoms with van der Waals surface area (Å²) in [4.78, 5) is 15.6. The average molecular weight is 713 g/mol. The van der Waals surface area contributed by atoms with E-state index in [2.05, 4.69) is 152 Å². The molecule has 0 bridgehead atoms. The van der Waals surface area contributed by atoms with Crippen LogP contribution in [0.25, 0.3) is 99.9 Å². The van der Waals surface area contributed by atoms with Gasteiger partial charge in [0.2, 0.25) is 0 Å². The fourth-order valence-electron chi connectivity index (χ4n) is 7.82. The summed E-state index contributed by atoms with van der Waals surface area (Å²) in [6, 6.07) is 69.4. The Hall–Kier alpha value is -7.74. The summed E-state index contributed by atoms with van der Waals surface area (Å²) in [5.41, 5.74) is 9.76. The topological polar surface area (TPSA) is 62.5 Å². The van der Waals surface area contributed by atoms with Gasteiger partial charge in [0.25, 0.3) is 0 Å². The van der Waals surface area contributed by atoms with Gasteiger partial charge in [-0.2, -0.15) is 5.26 Å². The fourth-order valence-corrected chi connectivity index (χ4v) is 7.82. The van der Waals surface area contributed by atoms with Crippen molar-refractivity contribution in [1.82, 2.24) is 15.0 Å². The predicted molar refractivity (Wildman–Crippen MR) is 230 cm³/mol. The van der Waals surface area contributed by atoms with Crippen molar-refractivity contribution in [3.8, 4) is 73.6 Å². The van der Waals surface area contributed by atoms with Crippen LogP contribution in [0.15, 0.2) is 194 Å². The maximum Gasteiger partial charge on any atom is 0.164 e. The first-order valence-electron chi connectivity index (χ1n) is 18.7. The minimum Gasteiger partial charge on any atom is -0.208 e. The van der Waals surface area contributed by atoms with E-state index in [9.17, 15) is 5.26 Å². The van der Waals surface area contributed by atoms with E-state index in [1.807, 2.05) is 48.5 Å². The first kappa shape index (κ1) is 32.9. The Morgan fingerprint density at radius 3 is 1.64 bits per heavy atom. The van der Waals surface area contributed by atoms with E-state index >= 15 is 0 Å². The molecule has 0 aliphatic carbocycles. The molecule has 0 N–H and O–H groups in total. The van der Waals surface area contributed by atoms with Crippen molar-refractivity contribution in [1.29, 1.82) is 5.26 Å². The highest BCUT2D eigenvalue weighted by molar-refractivity contribution is 6.20. The van der Waals surface area contributed by atoms with Crippen LogP contribution in [0.5, 0.6) is 0 Å². The second-order valence-corrected chi connectivity index (χ2v) is 13.9. The second kappa shape index (κ2) is 13.9. The number of nitrogens with zero attached hydrogens (tertiary/aromatic N) is 4. The Bertz CT molecular complexity index is 3140. The van der Waals surface area contributed by atoms with Crippen LogP contribution in [-0.4, -0.2) is 15.0 Å². The van der Waals surface area contributed by atoms with Crippen molar-refractivity contribution in [2.45, 2.75) is 0 Å². The molecule has 0 unspecified atom stereocenters. The van der Waals surface area contributed by atoms with Crippen LogP contribution in [0.1, 0.15) is 5.56 Å². The van der Waals surface area contributed by atoms with E-state index in [1.165, 1.54) is 37.9 Å². The lowest BCUT2D eigenvalue weighted by Crippen LogP contribution is -2.01. The molecule has 0 amide bonds. The van der Waals surface area contributed by atoms with Crippen molar-refractivity contribution in [2.75, 3.05) is 0 Å². The number of aromatic nitrogens is 3. The molecular formula is C52H32N4. The first-order valence-corrected chi connectivity index (χ1v) is 18.7. The molecule has 10 aromatic rings. The molecule has 0 saturated carbocycles. The smallest absolute Gasteiger partial charge is 0.164 e. The van der Waals surface area contributed by atoms with Gasteiger partial charge in [-0.05, 0) is 96.0 Å². The van der Waals surface area contributed by atoms with E-state index < -0.39 is 0 Å².